The highest BCUT2D eigenvalue weighted by Crippen LogP contribution is 2.41. The standard InChI is InChI=1S/C21H20ClN3O3.C2HF3O2/c22-14-5-2-12(3-6-14)16-11-17-13(10-18(16)26)4-7-15-19(17)24-25(9-1-8-23)20(15)21(27)28;3-2(4,5)1(6)7/h2-3,5-6,10-11,26H,1,4,7-9,23H2,(H,27,28);(H,6,7). The molecule has 186 valence electrons. The van der Waals surface area contributed by atoms with Crippen LogP contribution in [0.1, 0.15) is 28.0 Å². The first-order chi connectivity index (χ1) is 16.4. The van der Waals surface area contributed by atoms with Crippen LogP contribution < -0.4 is 5.73 Å². The maximum atomic E-state index is 11.9. The number of carboxylic acids is 2. The van der Waals surface area contributed by atoms with Crippen molar-refractivity contribution in [1.29, 1.82) is 0 Å². The summed E-state index contributed by atoms with van der Waals surface area (Å²) < 4.78 is 33.3. The number of halogens is 4. The number of aryl methyl sites for hydroxylation is 2. The number of carbonyl (C=O) groups is 2. The molecule has 4 rings (SSSR count). The molecule has 12 heteroatoms. The number of hydrogen-bond donors (Lipinski definition) is 4. The van der Waals surface area contributed by atoms with E-state index in [0.29, 0.717) is 48.6 Å². The highest BCUT2D eigenvalue weighted by molar-refractivity contribution is 6.30. The van der Waals surface area contributed by atoms with Crippen molar-refractivity contribution < 1.29 is 38.1 Å². The van der Waals surface area contributed by atoms with Crippen LogP contribution in [-0.2, 0) is 24.2 Å². The van der Waals surface area contributed by atoms with Gasteiger partial charge in [-0.25, -0.2) is 9.59 Å². The van der Waals surface area contributed by atoms with E-state index in [0.717, 1.165) is 22.3 Å². The number of nitrogens with two attached hydrogens (primary N) is 1. The summed E-state index contributed by atoms with van der Waals surface area (Å²) in [6.45, 7) is 0.928. The molecule has 0 saturated carbocycles. The number of benzene rings is 2. The molecular formula is C23H21ClF3N3O5. The van der Waals surface area contributed by atoms with Gasteiger partial charge in [0.05, 0.1) is 5.69 Å². The van der Waals surface area contributed by atoms with Crippen molar-refractivity contribution in [3.63, 3.8) is 0 Å². The number of aliphatic carboxylic acids is 1. The SMILES string of the molecule is NCCCn1nc2c(c1C(=O)O)CCc1cc(O)c(-c3ccc(Cl)cc3)cc1-2.O=C(O)C(F)(F)F. The maximum absolute atomic E-state index is 11.9. The quantitative estimate of drug-likeness (QED) is 0.399. The Kier molecular flexibility index (Phi) is 7.71. The highest BCUT2D eigenvalue weighted by Gasteiger charge is 2.38. The summed E-state index contributed by atoms with van der Waals surface area (Å²) in [4.78, 5) is 20.8. The Hall–Kier alpha value is -3.57. The molecule has 1 aliphatic rings. The Morgan fingerprint density at radius 1 is 1.09 bits per heavy atom. The van der Waals surface area contributed by atoms with Gasteiger partial charge in [0, 0.05) is 28.3 Å². The van der Waals surface area contributed by atoms with Gasteiger partial charge in [-0.2, -0.15) is 18.3 Å². The van der Waals surface area contributed by atoms with Gasteiger partial charge in [-0.05, 0) is 61.2 Å². The van der Waals surface area contributed by atoms with Crippen molar-refractivity contribution >= 4 is 23.5 Å². The summed E-state index contributed by atoms with van der Waals surface area (Å²) in [6, 6.07) is 10.9. The van der Waals surface area contributed by atoms with Gasteiger partial charge in [0.15, 0.2) is 0 Å². The van der Waals surface area contributed by atoms with Crippen molar-refractivity contribution in [1.82, 2.24) is 9.78 Å². The minimum Gasteiger partial charge on any atom is -0.507 e. The van der Waals surface area contributed by atoms with E-state index in [1.807, 2.05) is 18.2 Å². The number of hydrogen-bond acceptors (Lipinski definition) is 5. The van der Waals surface area contributed by atoms with E-state index in [2.05, 4.69) is 5.10 Å². The summed E-state index contributed by atoms with van der Waals surface area (Å²) in [5.41, 5.74) is 10.5. The number of fused-ring (bicyclic) bond motifs is 3. The molecule has 3 aromatic rings. The molecule has 1 heterocycles. The van der Waals surface area contributed by atoms with Crippen molar-refractivity contribution in [3.8, 4) is 28.1 Å². The van der Waals surface area contributed by atoms with E-state index < -0.39 is 18.1 Å². The van der Waals surface area contributed by atoms with Crippen LogP contribution in [0.25, 0.3) is 22.4 Å². The molecule has 0 aliphatic heterocycles. The smallest absolute Gasteiger partial charge is 0.490 e. The zero-order valence-corrected chi connectivity index (χ0v) is 18.9. The van der Waals surface area contributed by atoms with E-state index in [1.54, 1.807) is 22.9 Å². The lowest BCUT2D eigenvalue weighted by molar-refractivity contribution is -0.192. The van der Waals surface area contributed by atoms with Gasteiger partial charge >= 0.3 is 18.1 Å². The van der Waals surface area contributed by atoms with E-state index in [9.17, 15) is 28.2 Å². The number of alkyl halides is 3. The first-order valence-electron chi connectivity index (χ1n) is 10.4. The molecule has 2 aromatic carbocycles. The van der Waals surface area contributed by atoms with Crippen LogP contribution in [0.2, 0.25) is 5.02 Å². The Balaban J connectivity index is 0.000000429. The lowest BCUT2D eigenvalue weighted by atomic mass is 9.86. The normalized spacial score (nSPS) is 12.3. The van der Waals surface area contributed by atoms with Crippen molar-refractivity contribution in [2.75, 3.05) is 6.54 Å². The Labute approximate surface area is 202 Å². The van der Waals surface area contributed by atoms with Gasteiger partial charge in [-0.1, -0.05) is 23.7 Å². The summed E-state index contributed by atoms with van der Waals surface area (Å²) in [5, 5.41) is 32.6. The molecule has 1 aliphatic carbocycles. The topological polar surface area (TPSA) is 139 Å². The molecule has 0 unspecified atom stereocenters. The molecule has 8 nitrogen and oxygen atoms in total. The number of phenols is 1. The molecule has 35 heavy (non-hydrogen) atoms. The third kappa shape index (κ3) is 5.75. The zero-order chi connectivity index (χ0) is 25.9. The molecule has 1 aromatic heterocycles. The lowest BCUT2D eigenvalue weighted by Gasteiger charge is -2.18. The molecule has 0 amide bonds. The third-order valence-electron chi connectivity index (χ3n) is 5.35. The number of nitrogens with zero attached hydrogens (tertiary/aromatic N) is 2. The largest absolute Gasteiger partial charge is 0.507 e. The van der Waals surface area contributed by atoms with Gasteiger partial charge in [-0.3, -0.25) is 4.68 Å². The second-order valence-electron chi connectivity index (χ2n) is 7.68. The van der Waals surface area contributed by atoms with Crippen LogP contribution in [0.3, 0.4) is 0 Å². The molecule has 0 atom stereocenters. The number of aromatic nitrogens is 2. The Bertz CT molecular complexity index is 1260. The van der Waals surface area contributed by atoms with Crippen LogP contribution in [0.5, 0.6) is 5.75 Å². The van der Waals surface area contributed by atoms with Gasteiger partial charge in [0.25, 0.3) is 0 Å². The molecule has 0 saturated heterocycles. The van der Waals surface area contributed by atoms with Crippen molar-refractivity contribution in [3.05, 3.63) is 58.2 Å². The molecule has 0 spiro atoms. The van der Waals surface area contributed by atoms with Gasteiger partial charge in [-0.15, -0.1) is 0 Å². The fraction of sp³-hybridized carbons (Fsp3) is 0.261. The molecule has 0 bridgehead atoms. The molecule has 5 N–H and O–H groups in total. The number of carboxylic acid groups (broad SMARTS) is 2. The first kappa shape index (κ1) is 26.0. The maximum Gasteiger partial charge on any atom is 0.490 e. The van der Waals surface area contributed by atoms with Gasteiger partial charge in [0.2, 0.25) is 0 Å². The van der Waals surface area contributed by atoms with E-state index in [-0.39, 0.29) is 11.4 Å². The van der Waals surface area contributed by atoms with Gasteiger partial charge < -0.3 is 21.1 Å². The monoisotopic (exact) mass is 511 g/mol. The minimum absolute atomic E-state index is 0.186. The average molecular weight is 512 g/mol. The fourth-order valence-electron chi connectivity index (χ4n) is 3.77. The number of phenolic OH excluding ortho intramolecular Hbond substituents is 1. The molecule has 0 radical (unpaired) electrons. The second-order valence-corrected chi connectivity index (χ2v) is 8.12. The summed E-state index contributed by atoms with van der Waals surface area (Å²) in [6.07, 6.45) is -3.20. The number of aromatic hydroxyl groups is 1. The number of aromatic carboxylic acids is 1. The molecule has 0 fully saturated rings. The third-order valence-corrected chi connectivity index (χ3v) is 5.60. The van der Waals surface area contributed by atoms with Crippen LogP contribution in [0.4, 0.5) is 13.2 Å². The number of rotatable bonds is 5. The van der Waals surface area contributed by atoms with E-state index >= 15 is 0 Å². The second kappa shape index (κ2) is 10.4. The summed E-state index contributed by atoms with van der Waals surface area (Å²) >= 11 is 5.97. The summed E-state index contributed by atoms with van der Waals surface area (Å²) in [7, 11) is 0. The van der Waals surface area contributed by atoms with E-state index in [4.69, 9.17) is 27.2 Å². The lowest BCUT2D eigenvalue weighted by Crippen LogP contribution is -2.21. The van der Waals surface area contributed by atoms with Crippen molar-refractivity contribution in [2.24, 2.45) is 5.73 Å². The van der Waals surface area contributed by atoms with E-state index in [1.165, 1.54) is 0 Å². The van der Waals surface area contributed by atoms with Crippen molar-refractivity contribution in [2.45, 2.75) is 32.0 Å². The van der Waals surface area contributed by atoms with Crippen LogP contribution in [0.15, 0.2) is 36.4 Å². The Morgan fingerprint density at radius 3 is 2.26 bits per heavy atom. The van der Waals surface area contributed by atoms with Crippen LogP contribution in [-0.4, -0.2) is 49.8 Å². The first-order valence-corrected chi connectivity index (χ1v) is 10.8. The van der Waals surface area contributed by atoms with Crippen LogP contribution >= 0.6 is 11.6 Å². The Morgan fingerprint density at radius 2 is 1.71 bits per heavy atom. The minimum atomic E-state index is -5.08. The predicted octanol–water partition coefficient (Wildman–Crippen LogP) is 4.36. The predicted molar refractivity (Wildman–Crippen MR) is 122 cm³/mol. The zero-order valence-electron chi connectivity index (χ0n) is 18.1. The average Bonchev–Trinajstić information content (AvgIpc) is 3.16. The van der Waals surface area contributed by atoms with Crippen LogP contribution in [0, 0.1) is 0 Å². The summed E-state index contributed by atoms with van der Waals surface area (Å²) in [5.74, 6) is -3.55. The van der Waals surface area contributed by atoms with Gasteiger partial charge in [0.1, 0.15) is 11.4 Å². The highest BCUT2D eigenvalue weighted by atomic mass is 35.5. The molecular weight excluding hydrogens is 491 g/mol. The fourth-order valence-corrected chi connectivity index (χ4v) is 3.90.